The molecular formula is C19H19NO6. The summed E-state index contributed by atoms with van der Waals surface area (Å²) in [6.45, 7) is 1.52. The summed E-state index contributed by atoms with van der Waals surface area (Å²) in [7, 11) is 1.30. The Balaban J connectivity index is 1.82. The Labute approximate surface area is 150 Å². The molecule has 2 aromatic rings. The summed E-state index contributed by atoms with van der Waals surface area (Å²) in [6.07, 6.45) is 0. The molecule has 2 N–H and O–H groups in total. The molecule has 7 nitrogen and oxygen atoms in total. The number of phenolic OH excluding ortho intramolecular Hbond substituents is 1. The smallest absolute Gasteiger partial charge is 0.342 e. The molecule has 0 bridgehead atoms. The zero-order valence-corrected chi connectivity index (χ0v) is 14.4. The number of ether oxygens (including phenoxy) is 2. The Hall–Kier alpha value is -3.35. The van der Waals surface area contributed by atoms with Gasteiger partial charge in [-0.3, -0.25) is 4.79 Å². The van der Waals surface area contributed by atoms with Gasteiger partial charge in [-0.25, -0.2) is 9.59 Å². The molecule has 0 aliphatic heterocycles. The molecule has 26 heavy (non-hydrogen) atoms. The van der Waals surface area contributed by atoms with Gasteiger partial charge < -0.3 is 19.9 Å². The number of methoxy groups -OCH3 is 1. The highest BCUT2D eigenvalue weighted by atomic mass is 16.5. The van der Waals surface area contributed by atoms with Crippen molar-refractivity contribution in [1.82, 2.24) is 5.32 Å². The van der Waals surface area contributed by atoms with E-state index in [-0.39, 0.29) is 17.9 Å². The number of esters is 2. The first-order valence-corrected chi connectivity index (χ1v) is 7.81. The number of aryl methyl sites for hydroxylation is 1. The van der Waals surface area contributed by atoms with E-state index in [1.807, 2.05) is 0 Å². The molecule has 1 amide bonds. The first kappa shape index (κ1) is 19.0. The fourth-order valence-electron chi connectivity index (χ4n) is 2.15. The third-order valence-corrected chi connectivity index (χ3v) is 3.57. The minimum atomic E-state index is -0.774. The summed E-state index contributed by atoms with van der Waals surface area (Å²) in [5.41, 5.74) is 1.98. The SMILES string of the molecule is COC(=O)c1ccc(CNC(=O)COC(=O)c2cc(C)ccc2O)cc1. The summed E-state index contributed by atoms with van der Waals surface area (Å²) in [4.78, 5) is 35.1. The molecule has 2 rings (SSSR count). The minimum absolute atomic E-state index is 0.0104. The third-order valence-electron chi connectivity index (χ3n) is 3.57. The minimum Gasteiger partial charge on any atom is -0.507 e. The van der Waals surface area contributed by atoms with Crippen LogP contribution in [0.1, 0.15) is 31.8 Å². The molecule has 0 radical (unpaired) electrons. The Kier molecular flexibility index (Phi) is 6.32. The molecule has 0 saturated carbocycles. The lowest BCUT2D eigenvalue weighted by Crippen LogP contribution is -2.28. The highest BCUT2D eigenvalue weighted by Crippen LogP contribution is 2.19. The molecule has 0 aliphatic carbocycles. The van der Waals surface area contributed by atoms with Crippen LogP contribution >= 0.6 is 0 Å². The normalized spacial score (nSPS) is 10.1. The second-order valence-electron chi connectivity index (χ2n) is 5.56. The van der Waals surface area contributed by atoms with E-state index in [1.54, 1.807) is 37.3 Å². The fourth-order valence-corrected chi connectivity index (χ4v) is 2.15. The number of nitrogens with one attached hydrogen (secondary N) is 1. The number of phenols is 1. The number of carbonyl (C=O) groups is 3. The predicted molar refractivity (Wildman–Crippen MR) is 92.8 cm³/mol. The lowest BCUT2D eigenvalue weighted by Gasteiger charge is -2.08. The van der Waals surface area contributed by atoms with Crippen LogP contribution < -0.4 is 5.32 Å². The van der Waals surface area contributed by atoms with E-state index in [0.717, 1.165) is 11.1 Å². The van der Waals surface area contributed by atoms with Crippen LogP contribution in [-0.4, -0.2) is 36.7 Å². The van der Waals surface area contributed by atoms with Crippen LogP contribution in [0.25, 0.3) is 0 Å². The predicted octanol–water partition coefficient (Wildman–Crippen LogP) is 1.96. The molecule has 0 spiro atoms. The zero-order chi connectivity index (χ0) is 19.1. The van der Waals surface area contributed by atoms with E-state index in [9.17, 15) is 19.5 Å². The fraction of sp³-hybridized carbons (Fsp3) is 0.211. The molecular weight excluding hydrogens is 338 g/mol. The quantitative estimate of drug-likeness (QED) is 0.766. The Morgan fingerprint density at radius 3 is 2.38 bits per heavy atom. The molecule has 0 fully saturated rings. The van der Waals surface area contributed by atoms with Gasteiger partial charge in [0.05, 0.1) is 12.7 Å². The van der Waals surface area contributed by atoms with Gasteiger partial charge in [-0.2, -0.15) is 0 Å². The van der Waals surface area contributed by atoms with E-state index in [4.69, 9.17) is 4.74 Å². The molecule has 2 aromatic carbocycles. The Bertz CT molecular complexity index is 813. The van der Waals surface area contributed by atoms with Crippen LogP contribution in [0.15, 0.2) is 42.5 Å². The largest absolute Gasteiger partial charge is 0.507 e. The van der Waals surface area contributed by atoms with Gasteiger partial charge in [-0.15, -0.1) is 0 Å². The van der Waals surface area contributed by atoms with Crippen LogP contribution in [0.2, 0.25) is 0 Å². The van der Waals surface area contributed by atoms with Gasteiger partial charge in [0.2, 0.25) is 0 Å². The van der Waals surface area contributed by atoms with Crippen LogP contribution in [0.3, 0.4) is 0 Å². The number of rotatable bonds is 6. The molecule has 0 saturated heterocycles. The maximum atomic E-state index is 11.9. The van der Waals surface area contributed by atoms with E-state index in [1.165, 1.54) is 19.2 Å². The molecule has 7 heteroatoms. The van der Waals surface area contributed by atoms with Gasteiger partial charge in [-0.1, -0.05) is 23.8 Å². The Morgan fingerprint density at radius 1 is 1.04 bits per heavy atom. The average Bonchev–Trinajstić information content (AvgIpc) is 2.66. The van der Waals surface area contributed by atoms with Crippen molar-refractivity contribution < 1.29 is 29.0 Å². The topological polar surface area (TPSA) is 102 Å². The highest BCUT2D eigenvalue weighted by molar-refractivity contribution is 5.94. The van der Waals surface area contributed by atoms with Crippen LogP contribution in [0, 0.1) is 6.92 Å². The number of hydrogen-bond acceptors (Lipinski definition) is 6. The number of hydrogen-bond donors (Lipinski definition) is 2. The molecule has 0 aliphatic rings. The number of aromatic hydroxyl groups is 1. The second-order valence-corrected chi connectivity index (χ2v) is 5.56. The van der Waals surface area contributed by atoms with Gasteiger partial charge in [0.1, 0.15) is 11.3 Å². The van der Waals surface area contributed by atoms with Crippen molar-refractivity contribution in [2.75, 3.05) is 13.7 Å². The standard InChI is InChI=1S/C19H19NO6/c1-12-3-8-16(21)15(9-12)19(24)26-11-17(22)20-10-13-4-6-14(7-5-13)18(23)25-2/h3-9,21H,10-11H2,1-2H3,(H,20,22). The lowest BCUT2D eigenvalue weighted by molar-refractivity contribution is -0.124. The highest BCUT2D eigenvalue weighted by Gasteiger charge is 2.14. The van der Waals surface area contributed by atoms with E-state index >= 15 is 0 Å². The lowest BCUT2D eigenvalue weighted by atomic mass is 10.1. The first-order valence-electron chi connectivity index (χ1n) is 7.81. The van der Waals surface area contributed by atoms with Crippen LogP contribution in [0.5, 0.6) is 5.75 Å². The maximum absolute atomic E-state index is 11.9. The van der Waals surface area contributed by atoms with Crippen molar-refractivity contribution >= 4 is 17.8 Å². The van der Waals surface area contributed by atoms with Crippen LogP contribution in [0.4, 0.5) is 0 Å². The van der Waals surface area contributed by atoms with Gasteiger partial charge >= 0.3 is 11.9 Å². The van der Waals surface area contributed by atoms with Crippen LogP contribution in [-0.2, 0) is 20.8 Å². The molecule has 0 unspecified atom stereocenters. The maximum Gasteiger partial charge on any atom is 0.342 e. The molecule has 136 valence electrons. The summed E-state index contributed by atoms with van der Waals surface area (Å²) >= 11 is 0. The van der Waals surface area contributed by atoms with E-state index in [0.29, 0.717) is 5.56 Å². The number of benzene rings is 2. The van der Waals surface area contributed by atoms with E-state index < -0.39 is 24.5 Å². The van der Waals surface area contributed by atoms with Gasteiger partial charge in [0.25, 0.3) is 5.91 Å². The summed E-state index contributed by atoms with van der Waals surface area (Å²) in [5, 5.41) is 12.3. The number of amides is 1. The van der Waals surface area contributed by atoms with Crippen molar-refractivity contribution in [1.29, 1.82) is 0 Å². The van der Waals surface area contributed by atoms with Crippen molar-refractivity contribution in [2.45, 2.75) is 13.5 Å². The molecule has 0 heterocycles. The average molecular weight is 357 g/mol. The summed E-state index contributed by atoms with van der Waals surface area (Å²) in [6, 6.07) is 11.1. The van der Waals surface area contributed by atoms with Crippen molar-refractivity contribution in [3.05, 3.63) is 64.7 Å². The summed E-state index contributed by atoms with van der Waals surface area (Å²) < 4.78 is 9.51. The van der Waals surface area contributed by atoms with Gasteiger partial charge in [-0.05, 0) is 36.8 Å². The number of carbonyl (C=O) groups excluding carboxylic acids is 3. The Morgan fingerprint density at radius 2 is 1.73 bits per heavy atom. The van der Waals surface area contributed by atoms with Gasteiger partial charge in [0.15, 0.2) is 6.61 Å². The van der Waals surface area contributed by atoms with E-state index in [2.05, 4.69) is 10.1 Å². The zero-order valence-electron chi connectivity index (χ0n) is 14.4. The third kappa shape index (κ3) is 5.07. The van der Waals surface area contributed by atoms with Crippen molar-refractivity contribution in [3.8, 4) is 5.75 Å². The molecule has 0 aromatic heterocycles. The van der Waals surface area contributed by atoms with Gasteiger partial charge in [0, 0.05) is 6.54 Å². The monoisotopic (exact) mass is 357 g/mol. The van der Waals surface area contributed by atoms with Crippen molar-refractivity contribution in [2.24, 2.45) is 0 Å². The second kappa shape index (κ2) is 8.66. The van der Waals surface area contributed by atoms with Crippen molar-refractivity contribution in [3.63, 3.8) is 0 Å². The summed E-state index contributed by atoms with van der Waals surface area (Å²) in [5.74, 6) is -1.90. The molecule has 0 atom stereocenters. The first-order chi connectivity index (χ1) is 12.4.